The summed E-state index contributed by atoms with van der Waals surface area (Å²) < 4.78 is 0. The van der Waals surface area contributed by atoms with Crippen molar-refractivity contribution in [2.75, 3.05) is 0 Å². The molecule has 0 aromatic heterocycles. The maximum atomic E-state index is 3.27. The molecule has 3 rings (SSSR count). The van der Waals surface area contributed by atoms with Crippen LogP contribution in [0.2, 0.25) is 0 Å². The molecule has 0 bridgehead atoms. The fourth-order valence-corrected chi connectivity index (χ4v) is 2.40. The molecule has 0 amide bonds. The molecule has 0 saturated heterocycles. The smallest absolute Gasteiger partial charge is 0.00168 e. The Kier molecular flexibility index (Phi) is 2.85. The van der Waals surface area contributed by atoms with Gasteiger partial charge in [0.25, 0.3) is 0 Å². The monoisotopic (exact) mass is 231 g/mol. The lowest BCUT2D eigenvalue weighted by Crippen LogP contribution is -1.92. The Morgan fingerprint density at radius 1 is 0.833 bits per heavy atom. The first-order valence-electron chi connectivity index (χ1n) is 6.27. The highest BCUT2D eigenvalue weighted by Crippen LogP contribution is 2.22. The van der Waals surface area contributed by atoms with Gasteiger partial charge in [0.2, 0.25) is 0 Å². The molecule has 0 spiro atoms. The summed E-state index contributed by atoms with van der Waals surface area (Å²) in [5.41, 5.74) is 3.98. The van der Waals surface area contributed by atoms with Crippen LogP contribution in [0, 0.1) is 13.0 Å². The number of fused-ring (bicyclic) bond motifs is 1. The molecule has 0 unspecified atom stereocenters. The van der Waals surface area contributed by atoms with Crippen molar-refractivity contribution >= 4 is 10.8 Å². The Bertz CT molecular complexity index is 675. The van der Waals surface area contributed by atoms with Crippen LogP contribution in [0.3, 0.4) is 0 Å². The van der Waals surface area contributed by atoms with Crippen molar-refractivity contribution in [3.63, 3.8) is 0 Å². The molecule has 0 atom stereocenters. The molecule has 3 aromatic rings. The van der Waals surface area contributed by atoms with Gasteiger partial charge in [0.15, 0.2) is 0 Å². The molecule has 1 radical (unpaired) electrons. The predicted octanol–water partition coefficient (Wildman–Crippen LogP) is 4.54. The minimum absolute atomic E-state index is 0.977. The number of hydrogen-bond acceptors (Lipinski definition) is 0. The first-order valence-corrected chi connectivity index (χ1v) is 6.27. The Balaban J connectivity index is 2.08. The third-order valence-corrected chi connectivity index (χ3v) is 3.44. The summed E-state index contributed by atoms with van der Waals surface area (Å²) >= 11 is 0. The second kappa shape index (κ2) is 4.66. The molecule has 0 heterocycles. The minimum Gasteiger partial charge on any atom is -0.0616 e. The van der Waals surface area contributed by atoms with Gasteiger partial charge in [0.1, 0.15) is 0 Å². The van der Waals surface area contributed by atoms with E-state index in [1.165, 1.54) is 27.5 Å². The van der Waals surface area contributed by atoms with Crippen LogP contribution in [0.15, 0.2) is 60.7 Å². The van der Waals surface area contributed by atoms with Gasteiger partial charge < -0.3 is 0 Å². The zero-order valence-corrected chi connectivity index (χ0v) is 10.5. The zero-order valence-electron chi connectivity index (χ0n) is 10.5. The predicted molar refractivity (Wildman–Crippen MR) is 76.8 cm³/mol. The third-order valence-electron chi connectivity index (χ3n) is 3.44. The van der Waals surface area contributed by atoms with Crippen molar-refractivity contribution in [1.29, 1.82) is 0 Å². The van der Waals surface area contributed by atoms with Crippen molar-refractivity contribution in [1.82, 2.24) is 0 Å². The van der Waals surface area contributed by atoms with E-state index in [9.17, 15) is 0 Å². The quantitative estimate of drug-likeness (QED) is 0.607. The maximum absolute atomic E-state index is 3.27. The highest BCUT2D eigenvalue weighted by Gasteiger charge is 2.03. The fourth-order valence-electron chi connectivity index (χ4n) is 2.40. The molecule has 0 nitrogen and oxygen atoms in total. The first-order chi connectivity index (χ1) is 8.84. The number of rotatable bonds is 2. The third kappa shape index (κ3) is 2.02. The second-order valence-corrected chi connectivity index (χ2v) is 4.64. The van der Waals surface area contributed by atoms with Crippen LogP contribution in [0.1, 0.15) is 16.7 Å². The maximum Gasteiger partial charge on any atom is -0.00168 e. The van der Waals surface area contributed by atoms with E-state index in [0.29, 0.717) is 0 Å². The molecule has 0 aliphatic heterocycles. The van der Waals surface area contributed by atoms with Crippen LogP contribution >= 0.6 is 0 Å². The summed E-state index contributed by atoms with van der Waals surface area (Å²) in [5, 5.41) is 2.66. The van der Waals surface area contributed by atoms with Gasteiger partial charge in [-0.25, -0.2) is 0 Å². The van der Waals surface area contributed by atoms with E-state index in [1.54, 1.807) is 0 Å². The van der Waals surface area contributed by atoms with Crippen molar-refractivity contribution in [2.24, 2.45) is 0 Å². The van der Waals surface area contributed by atoms with Crippen molar-refractivity contribution < 1.29 is 0 Å². The highest BCUT2D eigenvalue weighted by molar-refractivity contribution is 5.85. The van der Waals surface area contributed by atoms with Gasteiger partial charge in [0.05, 0.1) is 0 Å². The molecule has 0 aliphatic rings. The van der Waals surface area contributed by atoms with E-state index in [2.05, 4.69) is 67.6 Å². The van der Waals surface area contributed by atoms with E-state index < -0.39 is 0 Å². The van der Waals surface area contributed by atoms with Crippen LogP contribution in [0.4, 0.5) is 0 Å². The molecule has 87 valence electrons. The summed E-state index contributed by atoms with van der Waals surface area (Å²) in [7, 11) is 0. The molecule has 0 N–H and O–H groups in total. The summed E-state index contributed by atoms with van der Waals surface area (Å²) in [6.07, 6.45) is 0.977. The van der Waals surface area contributed by atoms with E-state index in [-0.39, 0.29) is 0 Å². The summed E-state index contributed by atoms with van der Waals surface area (Å²) in [6, 6.07) is 24.6. The minimum atomic E-state index is 0.977. The molecule has 0 saturated carbocycles. The van der Waals surface area contributed by atoms with Crippen LogP contribution in [-0.4, -0.2) is 0 Å². The Morgan fingerprint density at radius 3 is 2.50 bits per heavy atom. The first kappa shape index (κ1) is 11.0. The average molecular weight is 231 g/mol. The summed E-state index contributed by atoms with van der Waals surface area (Å²) in [6.45, 7) is 2.13. The second-order valence-electron chi connectivity index (χ2n) is 4.64. The SMILES string of the molecule is Cc1[c]cccc1Cc1cccc2ccccc12. The van der Waals surface area contributed by atoms with Crippen LogP contribution in [-0.2, 0) is 6.42 Å². The van der Waals surface area contributed by atoms with Gasteiger partial charge in [-0.2, -0.15) is 0 Å². The van der Waals surface area contributed by atoms with E-state index in [1.807, 2.05) is 6.07 Å². The van der Waals surface area contributed by atoms with Crippen molar-refractivity contribution in [3.05, 3.63) is 83.4 Å². The van der Waals surface area contributed by atoms with Crippen LogP contribution in [0.25, 0.3) is 10.8 Å². The number of hydrogen-bond donors (Lipinski definition) is 0. The van der Waals surface area contributed by atoms with E-state index in [0.717, 1.165) is 6.42 Å². The molecular weight excluding hydrogens is 216 g/mol. The van der Waals surface area contributed by atoms with Gasteiger partial charge in [-0.3, -0.25) is 0 Å². The van der Waals surface area contributed by atoms with E-state index >= 15 is 0 Å². The lowest BCUT2D eigenvalue weighted by atomic mass is 9.96. The highest BCUT2D eigenvalue weighted by atomic mass is 14.1. The molecule has 3 aromatic carbocycles. The topological polar surface area (TPSA) is 0 Å². The molecule has 0 heteroatoms. The van der Waals surface area contributed by atoms with Gasteiger partial charge in [-0.15, -0.1) is 0 Å². The number of aryl methyl sites for hydroxylation is 1. The van der Waals surface area contributed by atoms with Crippen LogP contribution in [0.5, 0.6) is 0 Å². The Hall–Kier alpha value is -2.08. The number of benzene rings is 3. The summed E-state index contributed by atoms with van der Waals surface area (Å²) in [5.74, 6) is 0. The lowest BCUT2D eigenvalue weighted by Gasteiger charge is -2.08. The van der Waals surface area contributed by atoms with Crippen molar-refractivity contribution in [2.45, 2.75) is 13.3 Å². The zero-order chi connectivity index (χ0) is 12.4. The molecular formula is C18H15. The van der Waals surface area contributed by atoms with Gasteiger partial charge in [0, 0.05) is 0 Å². The molecule has 18 heavy (non-hydrogen) atoms. The summed E-state index contributed by atoms with van der Waals surface area (Å²) in [4.78, 5) is 0. The fraction of sp³-hybridized carbons (Fsp3) is 0.111. The molecule has 0 aliphatic carbocycles. The van der Waals surface area contributed by atoms with E-state index in [4.69, 9.17) is 0 Å². The van der Waals surface area contributed by atoms with Gasteiger partial charge in [-0.05, 0) is 46.9 Å². The van der Waals surface area contributed by atoms with Gasteiger partial charge in [-0.1, -0.05) is 60.7 Å². The normalized spacial score (nSPS) is 10.7. The largest absolute Gasteiger partial charge is 0.0616 e. The molecule has 0 fully saturated rings. The Morgan fingerprint density at radius 2 is 1.61 bits per heavy atom. The van der Waals surface area contributed by atoms with Crippen LogP contribution < -0.4 is 0 Å². The Labute approximate surface area is 108 Å². The lowest BCUT2D eigenvalue weighted by molar-refractivity contribution is 1.17. The standard InChI is InChI=1S/C18H15/c1-14-7-2-3-9-16(14)13-17-11-6-10-15-8-4-5-12-18(15)17/h2-6,8-12H,13H2,1H3. The van der Waals surface area contributed by atoms with Crippen molar-refractivity contribution in [3.8, 4) is 0 Å². The van der Waals surface area contributed by atoms with Gasteiger partial charge >= 0.3 is 0 Å². The average Bonchev–Trinajstić information content (AvgIpc) is 2.42.